The molecule has 0 saturated carbocycles. The van der Waals surface area contributed by atoms with Gasteiger partial charge in [-0.3, -0.25) is 4.57 Å². The third-order valence-corrected chi connectivity index (χ3v) is 5.54. The van der Waals surface area contributed by atoms with Gasteiger partial charge in [-0.2, -0.15) is 0 Å². The van der Waals surface area contributed by atoms with E-state index in [0.717, 1.165) is 39.3 Å². The molecule has 0 amide bonds. The molecule has 0 bridgehead atoms. The molecule has 32 heavy (non-hydrogen) atoms. The molecule has 0 aliphatic heterocycles. The number of hydrogen-bond acceptors (Lipinski definition) is 1. The summed E-state index contributed by atoms with van der Waals surface area (Å²) in [5.74, 6) is 0.814. The predicted molar refractivity (Wildman–Crippen MR) is 131 cm³/mol. The maximum Gasteiger partial charge on any atom is 0.187 e. The Hall–Kier alpha value is -4.42. The minimum Gasteiger partial charge on any atom is -0.299 e. The van der Waals surface area contributed by atoms with Crippen molar-refractivity contribution in [3.8, 4) is 39.3 Å². The van der Waals surface area contributed by atoms with Crippen LogP contribution in [0.15, 0.2) is 109 Å². The van der Waals surface area contributed by atoms with Gasteiger partial charge in [0.2, 0.25) is 0 Å². The van der Waals surface area contributed by atoms with Crippen LogP contribution in [-0.2, 0) is 0 Å². The zero-order valence-electron chi connectivity index (χ0n) is 17.7. The van der Waals surface area contributed by atoms with Gasteiger partial charge in [0.1, 0.15) is 5.82 Å². The molecule has 1 aromatic heterocycles. The molecule has 0 N–H and O–H groups in total. The Bertz CT molecular complexity index is 1360. The smallest absolute Gasteiger partial charge is 0.187 e. The SMILES string of the molecule is [C-]#[N+]c1cccc(-c2nccn2-c2c(-c3ccccc3)cc(C)cc2-c2ccccc2)c1. The molecule has 0 fully saturated rings. The molecule has 4 aromatic carbocycles. The zero-order chi connectivity index (χ0) is 21.9. The van der Waals surface area contributed by atoms with E-state index in [-0.39, 0.29) is 0 Å². The first-order chi connectivity index (χ1) is 15.7. The van der Waals surface area contributed by atoms with Crippen molar-refractivity contribution in [3.05, 3.63) is 126 Å². The summed E-state index contributed by atoms with van der Waals surface area (Å²) < 4.78 is 2.15. The van der Waals surface area contributed by atoms with Crippen molar-refractivity contribution in [1.82, 2.24) is 9.55 Å². The highest BCUT2D eigenvalue weighted by Crippen LogP contribution is 2.39. The maximum atomic E-state index is 7.40. The lowest BCUT2D eigenvalue weighted by Crippen LogP contribution is -2.02. The largest absolute Gasteiger partial charge is 0.299 e. The summed E-state index contributed by atoms with van der Waals surface area (Å²) in [5, 5.41) is 0. The molecular weight excluding hydrogens is 390 g/mol. The van der Waals surface area contributed by atoms with Crippen LogP contribution < -0.4 is 0 Å². The van der Waals surface area contributed by atoms with Gasteiger partial charge in [-0.15, -0.1) is 0 Å². The normalized spacial score (nSPS) is 10.6. The van der Waals surface area contributed by atoms with E-state index in [0.29, 0.717) is 5.69 Å². The van der Waals surface area contributed by atoms with E-state index in [9.17, 15) is 0 Å². The number of aromatic nitrogens is 2. The lowest BCUT2D eigenvalue weighted by Gasteiger charge is -2.20. The summed E-state index contributed by atoms with van der Waals surface area (Å²) in [6.45, 7) is 9.53. The number of benzene rings is 4. The summed E-state index contributed by atoms with van der Waals surface area (Å²) in [6, 6.07) is 33.0. The van der Waals surface area contributed by atoms with Gasteiger partial charge in [0.15, 0.2) is 5.69 Å². The highest BCUT2D eigenvalue weighted by molar-refractivity contribution is 5.87. The van der Waals surface area contributed by atoms with Crippen molar-refractivity contribution in [1.29, 1.82) is 0 Å². The van der Waals surface area contributed by atoms with Crippen molar-refractivity contribution >= 4 is 5.69 Å². The van der Waals surface area contributed by atoms with Crippen molar-refractivity contribution in [3.63, 3.8) is 0 Å². The molecule has 5 rings (SSSR count). The molecule has 152 valence electrons. The highest BCUT2D eigenvalue weighted by Gasteiger charge is 2.18. The van der Waals surface area contributed by atoms with Crippen molar-refractivity contribution in [2.75, 3.05) is 0 Å². The first-order valence-electron chi connectivity index (χ1n) is 10.5. The first kappa shape index (κ1) is 19.5. The number of aryl methyl sites for hydroxylation is 1. The molecule has 0 atom stereocenters. The fourth-order valence-corrected chi connectivity index (χ4v) is 4.13. The number of imidazole rings is 1. The monoisotopic (exact) mass is 411 g/mol. The highest BCUT2D eigenvalue weighted by atomic mass is 15.1. The van der Waals surface area contributed by atoms with E-state index in [4.69, 9.17) is 11.6 Å². The van der Waals surface area contributed by atoms with Crippen LogP contribution in [0.25, 0.3) is 44.2 Å². The van der Waals surface area contributed by atoms with Gasteiger partial charge in [0, 0.05) is 29.1 Å². The quantitative estimate of drug-likeness (QED) is 0.277. The van der Waals surface area contributed by atoms with E-state index in [2.05, 4.69) is 77.0 Å². The molecule has 0 saturated heterocycles. The number of nitrogens with zero attached hydrogens (tertiary/aromatic N) is 3. The molecule has 0 aliphatic carbocycles. The van der Waals surface area contributed by atoms with Crippen LogP contribution in [-0.4, -0.2) is 9.55 Å². The molecule has 3 nitrogen and oxygen atoms in total. The second-order valence-corrected chi connectivity index (χ2v) is 7.72. The van der Waals surface area contributed by atoms with Crippen LogP contribution in [0, 0.1) is 13.5 Å². The second-order valence-electron chi connectivity index (χ2n) is 7.72. The molecule has 1 heterocycles. The van der Waals surface area contributed by atoms with Gasteiger partial charge in [-0.25, -0.2) is 9.83 Å². The molecule has 3 heteroatoms. The first-order valence-corrected chi connectivity index (χ1v) is 10.5. The van der Waals surface area contributed by atoms with Gasteiger partial charge in [0.05, 0.1) is 12.3 Å². The van der Waals surface area contributed by atoms with E-state index in [1.165, 1.54) is 5.56 Å². The molecule has 0 aliphatic rings. The van der Waals surface area contributed by atoms with Crippen LogP contribution in [0.1, 0.15) is 5.56 Å². The van der Waals surface area contributed by atoms with Crippen LogP contribution >= 0.6 is 0 Å². The fraction of sp³-hybridized carbons (Fsp3) is 0.0345. The average Bonchev–Trinajstić information content (AvgIpc) is 3.34. The lowest BCUT2D eigenvalue weighted by atomic mass is 9.93. The third kappa shape index (κ3) is 3.59. The Labute approximate surface area is 188 Å². The van der Waals surface area contributed by atoms with Crippen molar-refractivity contribution in [2.24, 2.45) is 0 Å². The Morgan fingerprint density at radius 2 is 1.31 bits per heavy atom. The maximum absolute atomic E-state index is 7.40. The Kier molecular flexibility index (Phi) is 5.11. The standard InChI is InChI=1S/C29H21N3/c1-21-18-26(22-10-5-3-6-11-22)28(27(19-21)23-12-7-4-8-13-23)32-17-16-31-29(32)24-14-9-15-25(20-24)30-2/h3-20H,1H3. The van der Waals surface area contributed by atoms with Gasteiger partial charge < -0.3 is 0 Å². The minimum absolute atomic E-state index is 0.604. The zero-order valence-corrected chi connectivity index (χ0v) is 17.7. The number of rotatable bonds is 4. The topological polar surface area (TPSA) is 22.2 Å². The van der Waals surface area contributed by atoms with Crippen molar-refractivity contribution in [2.45, 2.75) is 6.92 Å². The minimum atomic E-state index is 0.604. The van der Waals surface area contributed by atoms with Gasteiger partial charge in [-0.1, -0.05) is 78.9 Å². The van der Waals surface area contributed by atoms with E-state index in [1.807, 2.05) is 48.8 Å². The van der Waals surface area contributed by atoms with Gasteiger partial charge in [0.25, 0.3) is 0 Å². The molecule has 0 spiro atoms. The van der Waals surface area contributed by atoms with E-state index in [1.54, 1.807) is 0 Å². The summed E-state index contributed by atoms with van der Waals surface area (Å²) in [5.41, 5.74) is 8.39. The molecule has 5 aromatic rings. The Balaban J connectivity index is 1.83. The fourth-order valence-electron chi connectivity index (χ4n) is 4.13. The summed E-state index contributed by atoms with van der Waals surface area (Å²) in [4.78, 5) is 8.29. The van der Waals surface area contributed by atoms with Crippen LogP contribution in [0.2, 0.25) is 0 Å². The second kappa shape index (κ2) is 8.37. The Morgan fingerprint density at radius 3 is 1.91 bits per heavy atom. The third-order valence-electron chi connectivity index (χ3n) is 5.54. The van der Waals surface area contributed by atoms with Crippen LogP contribution in [0.4, 0.5) is 5.69 Å². The summed E-state index contributed by atoms with van der Waals surface area (Å²) in [6.07, 6.45) is 3.83. The molecular formula is C29H21N3. The predicted octanol–water partition coefficient (Wildman–Crippen LogP) is 7.73. The summed E-state index contributed by atoms with van der Waals surface area (Å²) in [7, 11) is 0. The lowest BCUT2D eigenvalue weighted by molar-refractivity contribution is 1.07. The van der Waals surface area contributed by atoms with Crippen molar-refractivity contribution < 1.29 is 0 Å². The summed E-state index contributed by atoms with van der Waals surface area (Å²) >= 11 is 0. The number of hydrogen-bond donors (Lipinski definition) is 0. The molecule has 0 radical (unpaired) electrons. The average molecular weight is 412 g/mol. The van der Waals surface area contributed by atoms with Crippen LogP contribution in [0.3, 0.4) is 0 Å². The van der Waals surface area contributed by atoms with Gasteiger partial charge >= 0.3 is 0 Å². The van der Waals surface area contributed by atoms with Crippen LogP contribution in [0.5, 0.6) is 0 Å². The Morgan fingerprint density at radius 1 is 0.719 bits per heavy atom. The molecule has 0 unspecified atom stereocenters. The van der Waals surface area contributed by atoms with E-state index < -0.39 is 0 Å². The van der Waals surface area contributed by atoms with Gasteiger partial charge in [-0.05, 0) is 41.8 Å². The van der Waals surface area contributed by atoms with E-state index >= 15 is 0 Å².